The van der Waals surface area contributed by atoms with E-state index in [1.165, 1.54) is 0 Å². The molecular weight excluding hydrogens is 157 g/mol. The van der Waals surface area contributed by atoms with Crippen molar-refractivity contribution in [3.05, 3.63) is 18.5 Å². The molecule has 44 valence electrons. The van der Waals surface area contributed by atoms with Crippen molar-refractivity contribution < 1.29 is 0 Å². The smallest absolute Gasteiger partial charge is 0.0527 e. The van der Waals surface area contributed by atoms with Gasteiger partial charge in [0.15, 0.2) is 0 Å². The van der Waals surface area contributed by atoms with Crippen LogP contribution in [0.1, 0.15) is 0 Å². The highest BCUT2D eigenvalue weighted by atomic mass is 32.4. The Labute approximate surface area is 54.0 Å². The zero-order chi connectivity index (χ0) is 5.98. The van der Waals surface area contributed by atoms with Crippen molar-refractivity contribution in [1.82, 2.24) is 9.55 Å². The molecule has 0 saturated carbocycles. The molecule has 0 fully saturated rings. The molecule has 0 bridgehead atoms. The lowest BCUT2D eigenvalue weighted by atomic mass is 10.8. The minimum absolute atomic E-state index is 0.220. The van der Waals surface area contributed by atoms with E-state index in [1.807, 2.05) is 16.7 Å². The first-order chi connectivity index (χ1) is 3.80. The van der Waals surface area contributed by atoms with E-state index >= 15 is 0 Å². The van der Waals surface area contributed by atoms with E-state index in [-0.39, 0.29) is 7.45 Å². The third kappa shape index (κ3) is 1.49. The first-order valence-corrected chi connectivity index (χ1v) is 6.63. The molecule has 1 rings (SSSR count). The number of aromatic nitrogens is 2. The maximum Gasteiger partial charge on any atom is 0.0527 e. The zero-order valence-electron chi connectivity index (χ0n) is 4.23. The summed E-state index contributed by atoms with van der Waals surface area (Å²) in [6.45, 7) is 0. The molecule has 0 aliphatic heterocycles. The lowest BCUT2D eigenvalue weighted by Gasteiger charge is -2.01. The van der Waals surface area contributed by atoms with E-state index in [0.29, 0.717) is 0 Å². The summed E-state index contributed by atoms with van der Waals surface area (Å²) >= 11 is 0. The number of hydrogen-bond donors (Lipinski definition) is 0. The van der Waals surface area contributed by atoms with Crippen LogP contribution in [0.15, 0.2) is 18.5 Å². The van der Waals surface area contributed by atoms with E-state index in [9.17, 15) is 0 Å². The van der Waals surface area contributed by atoms with Crippen LogP contribution in [0, 0.1) is 0 Å². The zero-order valence-corrected chi connectivity index (χ0v) is 7.43. The Morgan fingerprint density at radius 3 is 2.50 bits per heavy atom. The average Bonchev–Trinajstić information content (AvgIpc) is 2.12. The second kappa shape index (κ2) is 2.87. The first kappa shape index (κ1) is 6.62. The molecule has 1 aromatic heterocycles. The first-order valence-electron chi connectivity index (χ1n) is 2.10. The van der Waals surface area contributed by atoms with Gasteiger partial charge in [-0.2, -0.15) is 5.10 Å². The van der Waals surface area contributed by atoms with Crippen molar-refractivity contribution in [1.29, 1.82) is 0 Å². The fourth-order valence-corrected chi connectivity index (χ4v) is 1.63. The molecule has 0 aliphatic carbocycles. The Morgan fingerprint density at radius 2 is 2.25 bits per heavy atom. The van der Waals surface area contributed by atoms with Crippen molar-refractivity contribution in [2.24, 2.45) is 0 Å². The Balaban J connectivity index is 2.77. The Hall–Kier alpha value is 0.500. The number of rotatable bonds is 1. The topological polar surface area (TPSA) is 17.8 Å². The predicted octanol–water partition coefficient (Wildman–Crippen LogP) is 1.71. The molecule has 0 amide bonds. The summed E-state index contributed by atoms with van der Waals surface area (Å²) in [5.41, 5.74) is 0. The molecule has 2 unspecified atom stereocenters. The van der Waals surface area contributed by atoms with Crippen LogP contribution in [0.5, 0.6) is 0 Å². The fraction of sp³-hybridized carbons (Fsp3) is 0. The van der Waals surface area contributed by atoms with Crippen molar-refractivity contribution in [3.63, 3.8) is 0 Å². The standard InChI is InChI=1S/C3H7N2P3/c6-8(7)5-3-1-2-4-5/h1-3H,6-7H2. The van der Waals surface area contributed by atoms with Crippen LogP contribution >= 0.6 is 25.3 Å². The Morgan fingerprint density at radius 1 is 1.50 bits per heavy atom. The highest BCUT2D eigenvalue weighted by Gasteiger charge is 1.91. The molecule has 2 nitrogen and oxygen atoms in total. The fourth-order valence-electron chi connectivity index (χ4n) is 0.397. The van der Waals surface area contributed by atoms with Crippen molar-refractivity contribution in [2.75, 3.05) is 0 Å². The summed E-state index contributed by atoms with van der Waals surface area (Å²) in [5, 5.41) is 4.02. The third-order valence-electron chi connectivity index (χ3n) is 0.727. The highest BCUT2D eigenvalue weighted by Crippen LogP contribution is 2.52. The maximum atomic E-state index is 4.02. The van der Waals surface area contributed by atoms with Crippen LogP contribution in [0.2, 0.25) is 0 Å². The van der Waals surface area contributed by atoms with Crippen LogP contribution in [-0.2, 0) is 0 Å². The van der Waals surface area contributed by atoms with Gasteiger partial charge < -0.3 is 0 Å². The van der Waals surface area contributed by atoms with Gasteiger partial charge in [-0.1, -0.05) is 17.9 Å². The van der Waals surface area contributed by atoms with Crippen LogP contribution in [-0.4, -0.2) is 9.55 Å². The molecule has 0 radical (unpaired) electrons. The molecule has 1 aromatic rings. The summed E-state index contributed by atoms with van der Waals surface area (Å²) in [7, 11) is 5.16. The predicted molar refractivity (Wildman–Crippen MR) is 44.0 cm³/mol. The highest BCUT2D eigenvalue weighted by molar-refractivity contribution is 8.42. The lowest BCUT2D eigenvalue weighted by Crippen LogP contribution is -1.79. The van der Waals surface area contributed by atoms with Crippen LogP contribution < -0.4 is 0 Å². The van der Waals surface area contributed by atoms with Crippen molar-refractivity contribution in [2.45, 2.75) is 0 Å². The van der Waals surface area contributed by atoms with Crippen molar-refractivity contribution >= 4 is 25.3 Å². The molecule has 0 aromatic carbocycles. The lowest BCUT2D eigenvalue weighted by molar-refractivity contribution is 1.01. The third-order valence-corrected chi connectivity index (χ3v) is 2.86. The second-order valence-electron chi connectivity index (χ2n) is 1.31. The van der Waals surface area contributed by atoms with Gasteiger partial charge in [0.1, 0.15) is 0 Å². The number of nitrogens with zero attached hydrogens (tertiary/aromatic N) is 2. The molecule has 1 heterocycles. The molecule has 5 heteroatoms. The van der Waals surface area contributed by atoms with Gasteiger partial charge in [0.05, 0.1) is 7.45 Å². The summed E-state index contributed by atoms with van der Waals surface area (Å²) in [4.78, 5) is 0. The van der Waals surface area contributed by atoms with Crippen LogP contribution in [0.4, 0.5) is 0 Å². The van der Waals surface area contributed by atoms with Gasteiger partial charge in [0.2, 0.25) is 0 Å². The van der Waals surface area contributed by atoms with Crippen LogP contribution in [0.25, 0.3) is 0 Å². The average molecular weight is 164 g/mol. The van der Waals surface area contributed by atoms with Crippen LogP contribution in [0.3, 0.4) is 0 Å². The summed E-state index contributed by atoms with van der Waals surface area (Å²) in [6, 6.07) is 1.92. The summed E-state index contributed by atoms with van der Waals surface area (Å²) in [5.74, 6) is 0. The van der Waals surface area contributed by atoms with E-state index in [4.69, 9.17) is 0 Å². The van der Waals surface area contributed by atoms with Gasteiger partial charge in [0, 0.05) is 12.4 Å². The Bertz CT molecular complexity index is 148. The minimum atomic E-state index is -0.220. The normalized spacial score (nSPS) is 10.4. The SMILES string of the molecule is PP(P)n1cccn1. The molecule has 8 heavy (non-hydrogen) atoms. The molecule has 0 spiro atoms. The van der Waals surface area contributed by atoms with Gasteiger partial charge in [-0.05, 0) is 6.07 Å². The van der Waals surface area contributed by atoms with E-state index in [1.54, 1.807) is 6.20 Å². The van der Waals surface area contributed by atoms with Gasteiger partial charge in [-0.25, -0.2) is 4.45 Å². The van der Waals surface area contributed by atoms with Gasteiger partial charge in [-0.3, -0.25) is 0 Å². The quantitative estimate of drug-likeness (QED) is 0.577. The van der Waals surface area contributed by atoms with E-state index in [0.717, 1.165) is 0 Å². The molecular formula is C3H7N2P3. The van der Waals surface area contributed by atoms with Gasteiger partial charge in [-0.15, -0.1) is 0 Å². The number of hydrogen-bond acceptors (Lipinski definition) is 1. The molecule has 0 N–H and O–H groups in total. The minimum Gasteiger partial charge on any atom is -0.245 e. The largest absolute Gasteiger partial charge is 0.245 e. The molecule has 0 aliphatic rings. The second-order valence-corrected chi connectivity index (χ2v) is 7.44. The summed E-state index contributed by atoms with van der Waals surface area (Å²) in [6.07, 6.45) is 3.73. The van der Waals surface area contributed by atoms with Gasteiger partial charge in [0.25, 0.3) is 0 Å². The summed E-state index contributed by atoms with van der Waals surface area (Å²) < 4.78 is 1.91. The molecule has 0 saturated heterocycles. The molecule has 2 atom stereocenters. The van der Waals surface area contributed by atoms with E-state index in [2.05, 4.69) is 23.0 Å². The Kier molecular flexibility index (Phi) is 2.38. The maximum absolute atomic E-state index is 4.02. The van der Waals surface area contributed by atoms with Crippen molar-refractivity contribution in [3.8, 4) is 0 Å². The van der Waals surface area contributed by atoms with Gasteiger partial charge >= 0.3 is 0 Å². The van der Waals surface area contributed by atoms with E-state index < -0.39 is 0 Å². The monoisotopic (exact) mass is 164 g/mol.